The second kappa shape index (κ2) is 5.65. The quantitative estimate of drug-likeness (QED) is 0.846. The number of para-hydroxylation sites is 1. The number of nitrogens with zero attached hydrogens (tertiary/aromatic N) is 1. The second-order valence-electron chi connectivity index (χ2n) is 4.59. The number of nitrogens with two attached hydrogens (primary N) is 1. The molecule has 3 N–H and O–H groups in total. The van der Waals surface area contributed by atoms with Crippen LogP contribution in [0.4, 0.5) is 10.1 Å². The van der Waals surface area contributed by atoms with E-state index in [1.54, 1.807) is 6.07 Å². The zero-order valence-electron chi connectivity index (χ0n) is 10.5. The highest BCUT2D eigenvalue weighted by molar-refractivity contribution is 5.56. The molecule has 5 heteroatoms. The van der Waals surface area contributed by atoms with Gasteiger partial charge < -0.3 is 20.5 Å². The highest BCUT2D eigenvalue weighted by Gasteiger charge is 2.24. The van der Waals surface area contributed by atoms with Crippen LogP contribution in [0.5, 0.6) is 0 Å². The predicted molar refractivity (Wildman–Crippen MR) is 68.0 cm³/mol. The molecule has 1 aliphatic heterocycles. The molecule has 2 rings (SSSR count). The monoisotopic (exact) mass is 254 g/mol. The first-order chi connectivity index (χ1) is 8.63. The first-order valence-electron chi connectivity index (χ1n) is 6.15. The van der Waals surface area contributed by atoms with Crippen molar-refractivity contribution < 1.29 is 14.2 Å². The van der Waals surface area contributed by atoms with E-state index in [0.717, 1.165) is 5.56 Å². The number of anilines is 1. The Balaban J connectivity index is 2.31. The van der Waals surface area contributed by atoms with Gasteiger partial charge in [0.2, 0.25) is 0 Å². The van der Waals surface area contributed by atoms with E-state index in [9.17, 15) is 4.39 Å². The fourth-order valence-electron chi connectivity index (χ4n) is 2.27. The summed E-state index contributed by atoms with van der Waals surface area (Å²) in [5.74, 6) is -0.275. The molecule has 1 heterocycles. The maximum Gasteiger partial charge on any atom is 0.146 e. The molecule has 0 spiro atoms. The van der Waals surface area contributed by atoms with Crippen LogP contribution in [0.3, 0.4) is 0 Å². The van der Waals surface area contributed by atoms with Crippen molar-refractivity contribution >= 4 is 5.69 Å². The molecule has 0 aromatic heterocycles. The van der Waals surface area contributed by atoms with E-state index < -0.39 is 0 Å². The summed E-state index contributed by atoms with van der Waals surface area (Å²) in [5, 5.41) is 9.13. The van der Waals surface area contributed by atoms with Crippen molar-refractivity contribution in [2.75, 3.05) is 31.2 Å². The molecular weight excluding hydrogens is 235 g/mol. The Morgan fingerprint density at radius 2 is 2.39 bits per heavy atom. The highest BCUT2D eigenvalue weighted by Crippen LogP contribution is 2.29. The molecule has 0 bridgehead atoms. The van der Waals surface area contributed by atoms with Crippen molar-refractivity contribution in [3.63, 3.8) is 0 Å². The fourth-order valence-corrected chi connectivity index (χ4v) is 2.27. The SMILES string of the molecule is C[C@@H](N)c1cccc(F)c1N1CCOC(CO)C1. The van der Waals surface area contributed by atoms with Crippen molar-refractivity contribution in [1.29, 1.82) is 0 Å². The molecule has 0 aliphatic carbocycles. The van der Waals surface area contributed by atoms with Crippen molar-refractivity contribution in [3.05, 3.63) is 29.6 Å². The largest absolute Gasteiger partial charge is 0.394 e. The summed E-state index contributed by atoms with van der Waals surface area (Å²) in [4.78, 5) is 1.90. The zero-order valence-corrected chi connectivity index (χ0v) is 10.5. The van der Waals surface area contributed by atoms with Crippen LogP contribution in [0.25, 0.3) is 0 Å². The van der Waals surface area contributed by atoms with Crippen LogP contribution in [-0.2, 0) is 4.74 Å². The van der Waals surface area contributed by atoms with E-state index in [1.165, 1.54) is 6.07 Å². The van der Waals surface area contributed by atoms with E-state index in [1.807, 2.05) is 17.9 Å². The fraction of sp³-hybridized carbons (Fsp3) is 0.538. The molecule has 1 aromatic rings. The predicted octanol–water partition coefficient (Wildman–Crippen LogP) is 1.04. The number of aliphatic hydroxyl groups excluding tert-OH is 1. The third-order valence-corrected chi connectivity index (χ3v) is 3.17. The van der Waals surface area contributed by atoms with Crippen molar-refractivity contribution in [1.82, 2.24) is 0 Å². The van der Waals surface area contributed by atoms with Gasteiger partial charge in [-0.3, -0.25) is 0 Å². The number of aliphatic hydroxyl groups is 1. The number of hydrogen-bond donors (Lipinski definition) is 2. The summed E-state index contributed by atoms with van der Waals surface area (Å²) in [6.45, 7) is 3.35. The van der Waals surface area contributed by atoms with Gasteiger partial charge in [0.25, 0.3) is 0 Å². The zero-order chi connectivity index (χ0) is 13.1. The number of ether oxygens (including phenoxy) is 1. The molecule has 1 aliphatic rings. The third kappa shape index (κ3) is 2.63. The maximum absolute atomic E-state index is 14.0. The van der Waals surface area contributed by atoms with Crippen LogP contribution in [0, 0.1) is 5.82 Å². The van der Waals surface area contributed by atoms with E-state index in [-0.39, 0.29) is 24.6 Å². The summed E-state index contributed by atoms with van der Waals surface area (Å²) in [6, 6.07) is 4.71. The normalized spacial score (nSPS) is 22.0. The van der Waals surface area contributed by atoms with E-state index in [0.29, 0.717) is 25.4 Å². The van der Waals surface area contributed by atoms with Crippen LogP contribution in [0.1, 0.15) is 18.5 Å². The van der Waals surface area contributed by atoms with E-state index >= 15 is 0 Å². The van der Waals surface area contributed by atoms with E-state index in [4.69, 9.17) is 15.6 Å². The summed E-state index contributed by atoms with van der Waals surface area (Å²) in [7, 11) is 0. The first kappa shape index (κ1) is 13.3. The lowest BCUT2D eigenvalue weighted by atomic mass is 10.0. The van der Waals surface area contributed by atoms with Gasteiger partial charge in [-0.1, -0.05) is 12.1 Å². The lowest BCUT2D eigenvalue weighted by molar-refractivity contribution is 0.00335. The summed E-state index contributed by atoms with van der Waals surface area (Å²) < 4.78 is 19.4. The Kier molecular flexibility index (Phi) is 4.16. The van der Waals surface area contributed by atoms with Crippen molar-refractivity contribution in [2.24, 2.45) is 5.73 Å². The Hall–Kier alpha value is -1.17. The topological polar surface area (TPSA) is 58.7 Å². The molecule has 4 nitrogen and oxygen atoms in total. The molecule has 1 aromatic carbocycles. The lowest BCUT2D eigenvalue weighted by Gasteiger charge is -2.35. The molecule has 1 saturated heterocycles. The number of morpholine rings is 1. The van der Waals surface area contributed by atoms with Gasteiger partial charge in [-0.2, -0.15) is 0 Å². The van der Waals surface area contributed by atoms with Crippen LogP contribution in [0.15, 0.2) is 18.2 Å². The molecule has 0 saturated carbocycles. The smallest absolute Gasteiger partial charge is 0.146 e. The van der Waals surface area contributed by atoms with Crippen LogP contribution < -0.4 is 10.6 Å². The molecule has 1 unspecified atom stereocenters. The maximum atomic E-state index is 14.0. The van der Waals surface area contributed by atoms with Crippen LogP contribution in [0.2, 0.25) is 0 Å². The van der Waals surface area contributed by atoms with Crippen LogP contribution >= 0.6 is 0 Å². The Bertz CT molecular complexity index is 412. The number of halogens is 1. The van der Waals surface area contributed by atoms with Gasteiger partial charge in [-0.05, 0) is 18.6 Å². The highest BCUT2D eigenvalue weighted by atomic mass is 19.1. The molecule has 0 amide bonds. The van der Waals surface area contributed by atoms with Gasteiger partial charge in [0.1, 0.15) is 5.82 Å². The van der Waals surface area contributed by atoms with Crippen molar-refractivity contribution in [2.45, 2.75) is 19.1 Å². The molecule has 18 heavy (non-hydrogen) atoms. The Labute approximate surface area is 106 Å². The lowest BCUT2D eigenvalue weighted by Crippen LogP contribution is -2.45. The average Bonchev–Trinajstić information content (AvgIpc) is 2.38. The van der Waals surface area contributed by atoms with Crippen LogP contribution in [-0.4, -0.2) is 37.5 Å². The minimum Gasteiger partial charge on any atom is -0.394 e. The van der Waals surface area contributed by atoms with Crippen molar-refractivity contribution in [3.8, 4) is 0 Å². The first-order valence-corrected chi connectivity index (χ1v) is 6.15. The summed E-state index contributed by atoms with van der Waals surface area (Å²) in [5.41, 5.74) is 7.21. The summed E-state index contributed by atoms with van der Waals surface area (Å²) >= 11 is 0. The number of rotatable bonds is 3. The Morgan fingerprint density at radius 1 is 1.61 bits per heavy atom. The molecule has 1 fully saturated rings. The van der Waals surface area contributed by atoms with Gasteiger partial charge >= 0.3 is 0 Å². The van der Waals surface area contributed by atoms with Gasteiger partial charge in [0, 0.05) is 19.1 Å². The van der Waals surface area contributed by atoms with Gasteiger partial charge in [0.05, 0.1) is 25.0 Å². The summed E-state index contributed by atoms with van der Waals surface area (Å²) in [6.07, 6.45) is -0.265. The minimum absolute atomic E-state index is 0.0571. The molecule has 100 valence electrons. The number of hydrogen-bond acceptors (Lipinski definition) is 4. The Morgan fingerprint density at radius 3 is 3.06 bits per heavy atom. The third-order valence-electron chi connectivity index (χ3n) is 3.17. The molecule has 0 radical (unpaired) electrons. The molecular formula is C13H19FN2O2. The average molecular weight is 254 g/mol. The van der Waals surface area contributed by atoms with E-state index in [2.05, 4.69) is 0 Å². The van der Waals surface area contributed by atoms with Gasteiger partial charge in [-0.25, -0.2) is 4.39 Å². The number of benzene rings is 1. The minimum atomic E-state index is -0.275. The second-order valence-corrected chi connectivity index (χ2v) is 4.59. The van der Waals surface area contributed by atoms with Gasteiger partial charge in [0.15, 0.2) is 0 Å². The van der Waals surface area contributed by atoms with Gasteiger partial charge in [-0.15, -0.1) is 0 Å². The standard InChI is InChI=1S/C13H19FN2O2/c1-9(15)11-3-2-4-12(14)13(11)16-5-6-18-10(7-16)8-17/h2-4,9-10,17H,5-8,15H2,1H3/t9-,10?/m1/s1. The molecule has 2 atom stereocenters.